The highest BCUT2D eigenvalue weighted by atomic mass is 32.2. The van der Waals surface area contributed by atoms with Gasteiger partial charge >= 0.3 is 0 Å². The Labute approximate surface area is 145 Å². The minimum atomic E-state index is -4.07. The minimum Gasteiger partial charge on any atom is -0.342 e. The van der Waals surface area contributed by atoms with Gasteiger partial charge in [-0.25, -0.2) is 12.8 Å². The number of piperazine rings is 2. The van der Waals surface area contributed by atoms with E-state index in [-0.39, 0.29) is 37.4 Å². The zero-order chi connectivity index (χ0) is 18.4. The number of benzene rings is 1. The predicted octanol–water partition coefficient (Wildman–Crippen LogP) is 0.182. The number of carbonyl (C=O) groups is 2. The highest BCUT2D eigenvalue weighted by Gasteiger charge is 2.46. The van der Waals surface area contributed by atoms with Crippen LogP contribution in [0.2, 0.25) is 0 Å². The van der Waals surface area contributed by atoms with E-state index in [1.807, 2.05) is 13.8 Å². The molecule has 0 radical (unpaired) electrons. The van der Waals surface area contributed by atoms with Gasteiger partial charge in [0.15, 0.2) is 0 Å². The molecule has 0 spiro atoms. The van der Waals surface area contributed by atoms with Crippen molar-refractivity contribution in [1.82, 2.24) is 14.5 Å². The summed E-state index contributed by atoms with van der Waals surface area (Å²) in [4.78, 5) is 25.9. The Morgan fingerprint density at radius 2 is 1.88 bits per heavy atom. The van der Waals surface area contributed by atoms with Gasteiger partial charge in [0.25, 0.3) is 0 Å². The molecule has 0 bridgehead atoms. The number of carbonyl (C=O) groups excluding carboxylic acids is 2. The van der Waals surface area contributed by atoms with Crippen LogP contribution >= 0.6 is 0 Å². The molecule has 1 N–H and O–H groups in total. The first kappa shape index (κ1) is 17.8. The van der Waals surface area contributed by atoms with E-state index < -0.39 is 32.8 Å². The molecule has 2 heterocycles. The summed E-state index contributed by atoms with van der Waals surface area (Å²) in [6.45, 7) is 3.62. The topological polar surface area (TPSA) is 86.8 Å². The molecule has 2 aliphatic rings. The lowest BCUT2D eigenvalue weighted by Crippen LogP contribution is -2.70. The molecule has 0 unspecified atom stereocenters. The van der Waals surface area contributed by atoms with Crippen molar-refractivity contribution >= 4 is 21.8 Å². The van der Waals surface area contributed by atoms with Crippen molar-refractivity contribution in [2.75, 3.05) is 19.6 Å². The molecule has 2 fully saturated rings. The maximum Gasteiger partial charge on any atom is 0.246 e. The Hall–Kier alpha value is -2.00. The van der Waals surface area contributed by atoms with E-state index >= 15 is 0 Å². The number of halogens is 1. The van der Waals surface area contributed by atoms with Gasteiger partial charge in [-0.05, 0) is 18.1 Å². The van der Waals surface area contributed by atoms with Crippen molar-refractivity contribution in [1.29, 1.82) is 0 Å². The average Bonchev–Trinajstić information content (AvgIpc) is 2.57. The van der Waals surface area contributed by atoms with E-state index in [2.05, 4.69) is 5.32 Å². The van der Waals surface area contributed by atoms with Crippen molar-refractivity contribution in [3.63, 3.8) is 0 Å². The molecule has 3 rings (SSSR count). The number of nitrogens with one attached hydrogen (secondary N) is 1. The number of amides is 2. The van der Waals surface area contributed by atoms with Gasteiger partial charge in [0.1, 0.15) is 22.8 Å². The Morgan fingerprint density at radius 3 is 2.52 bits per heavy atom. The summed E-state index contributed by atoms with van der Waals surface area (Å²) in [5.74, 6) is -1.49. The number of nitrogens with zero attached hydrogens (tertiary/aromatic N) is 2. The van der Waals surface area contributed by atoms with Crippen LogP contribution in [0.1, 0.15) is 13.8 Å². The molecule has 9 heteroatoms. The first-order chi connectivity index (χ1) is 11.7. The third-order valence-corrected chi connectivity index (χ3v) is 6.51. The Bertz CT molecular complexity index is 811. The van der Waals surface area contributed by atoms with E-state index in [4.69, 9.17) is 0 Å². The standard InChI is InChI=1S/C16H20FN3O4S/c1-10(2)14-16(22)20-8-7-19(9-12(20)15(21)18-14)25(23,24)13-6-4-3-5-11(13)17/h3-6,10,12,14H,7-9H2,1-2H3,(H,18,21)/t12-,14-/m1/s1. The molecule has 7 nitrogen and oxygen atoms in total. The smallest absolute Gasteiger partial charge is 0.246 e. The van der Waals surface area contributed by atoms with Gasteiger partial charge in [-0.3, -0.25) is 9.59 Å². The van der Waals surface area contributed by atoms with Crippen LogP contribution < -0.4 is 5.32 Å². The Kier molecular flexibility index (Phi) is 4.54. The molecule has 2 aliphatic heterocycles. The highest BCUT2D eigenvalue weighted by molar-refractivity contribution is 7.89. The van der Waals surface area contributed by atoms with Crippen LogP contribution in [-0.4, -0.2) is 61.2 Å². The zero-order valence-electron chi connectivity index (χ0n) is 14.0. The van der Waals surface area contributed by atoms with Crippen LogP contribution in [0.5, 0.6) is 0 Å². The lowest BCUT2D eigenvalue weighted by Gasteiger charge is -2.45. The van der Waals surface area contributed by atoms with Crippen molar-refractivity contribution in [3.05, 3.63) is 30.1 Å². The van der Waals surface area contributed by atoms with Crippen molar-refractivity contribution in [2.45, 2.75) is 30.8 Å². The van der Waals surface area contributed by atoms with E-state index in [9.17, 15) is 22.4 Å². The van der Waals surface area contributed by atoms with Gasteiger partial charge in [-0.15, -0.1) is 0 Å². The quantitative estimate of drug-likeness (QED) is 0.824. The maximum absolute atomic E-state index is 13.9. The average molecular weight is 369 g/mol. The summed E-state index contributed by atoms with van der Waals surface area (Å²) in [6.07, 6.45) is 0. The molecule has 0 saturated carbocycles. The molecule has 25 heavy (non-hydrogen) atoms. The van der Waals surface area contributed by atoms with Gasteiger partial charge < -0.3 is 10.2 Å². The molecule has 1 aromatic rings. The van der Waals surface area contributed by atoms with E-state index in [0.717, 1.165) is 10.4 Å². The van der Waals surface area contributed by atoms with Crippen LogP contribution in [0.3, 0.4) is 0 Å². The molecule has 0 aliphatic carbocycles. The Balaban J connectivity index is 1.85. The molecule has 1 aromatic carbocycles. The summed E-state index contributed by atoms with van der Waals surface area (Å²) in [7, 11) is -4.07. The second-order valence-corrected chi connectivity index (χ2v) is 8.48. The van der Waals surface area contributed by atoms with Crippen LogP contribution in [0, 0.1) is 11.7 Å². The number of fused-ring (bicyclic) bond motifs is 1. The van der Waals surface area contributed by atoms with Crippen LogP contribution in [0.25, 0.3) is 0 Å². The molecular formula is C16H20FN3O4S. The fourth-order valence-electron chi connectivity index (χ4n) is 3.20. The monoisotopic (exact) mass is 369 g/mol. The zero-order valence-corrected chi connectivity index (χ0v) is 14.8. The predicted molar refractivity (Wildman–Crippen MR) is 87.4 cm³/mol. The van der Waals surface area contributed by atoms with Gasteiger partial charge in [0, 0.05) is 19.6 Å². The summed E-state index contributed by atoms with van der Waals surface area (Å²) >= 11 is 0. The number of hydrogen-bond donors (Lipinski definition) is 1. The van der Waals surface area contributed by atoms with Crippen LogP contribution in [0.4, 0.5) is 4.39 Å². The maximum atomic E-state index is 13.9. The second kappa shape index (κ2) is 6.38. The van der Waals surface area contributed by atoms with Crippen molar-refractivity contribution in [3.8, 4) is 0 Å². The normalized spacial score (nSPS) is 25.0. The van der Waals surface area contributed by atoms with Crippen LogP contribution in [0.15, 0.2) is 29.2 Å². The molecular weight excluding hydrogens is 349 g/mol. The second-order valence-electron chi connectivity index (χ2n) is 6.57. The van der Waals surface area contributed by atoms with Crippen molar-refractivity contribution < 1.29 is 22.4 Å². The minimum absolute atomic E-state index is 0.0248. The molecule has 2 amide bonds. The molecule has 136 valence electrons. The van der Waals surface area contributed by atoms with E-state index in [0.29, 0.717) is 0 Å². The van der Waals surface area contributed by atoms with Gasteiger partial charge in [0.05, 0.1) is 0 Å². The third kappa shape index (κ3) is 3.02. The fraction of sp³-hybridized carbons (Fsp3) is 0.500. The first-order valence-electron chi connectivity index (χ1n) is 8.09. The largest absolute Gasteiger partial charge is 0.342 e. The molecule has 2 atom stereocenters. The summed E-state index contributed by atoms with van der Waals surface area (Å²) in [6, 6.07) is 3.63. The molecule has 0 aromatic heterocycles. The summed E-state index contributed by atoms with van der Waals surface area (Å²) in [5.41, 5.74) is 0. The van der Waals surface area contributed by atoms with Gasteiger partial charge in [0.2, 0.25) is 21.8 Å². The third-order valence-electron chi connectivity index (χ3n) is 4.61. The fourth-order valence-corrected chi connectivity index (χ4v) is 4.70. The molecule has 2 saturated heterocycles. The SMILES string of the molecule is CC(C)[C@H]1NC(=O)[C@H]2CN(S(=O)(=O)c3ccccc3F)CCN2C1=O. The lowest BCUT2D eigenvalue weighted by molar-refractivity contribution is -0.152. The first-order valence-corrected chi connectivity index (χ1v) is 9.53. The van der Waals surface area contributed by atoms with Crippen LogP contribution in [-0.2, 0) is 19.6 Å². The highest BCUT2D eigenvalue weighted by Crippen LogP contribution is 2.25. The van der Waals surface area contributed by atoms with E-state index in [1.165, 1.54) is 23.1 Å². The van der Waals surface area contributed by atoms with E-state index in [1.54, 1.807) is 0 Å². The van der Waals surface area contributed by atoms with Gasteiger partial charge in [-0.2, -0.15) is 4.31 Å². The van der Waals surface area contributed by atoms with Gasteiger partial charge in [-0.1, -0.05) is 26.0 Å². The summed E-state index contributed by atoms with van der Waals surface area (Å²) in [5, 5.41) is 2.66. The van der Waals surface area contributed by atoms with Crippen molar-refractivity contribution in [2.24, 2.45) is 5.92 Å². The summed E-state index contributed by atoms with van der Waals surface area (Å²) < 4.78 is 40.4. The lowest BCUT2D eigenvalue weighted by atomic mass is 9.97. The number of sulfonamides is 1. The Morgan fingerprint density at radius 1 is 1.20 bits per heavy atom. The number of rotatable bonds is 3. The number of hydrogen-bond acceptors (Lipinski definition) is 4.